The lowest BCUT2D eigenvalue weighted by molar-refractivity contribution is 0.0653. The van der Waals surface area contributed by atoms with Crippen LogP contribution in [0.5, 0.6) is 0 Å². The number of amides is 1. The quantitative estimate of drug-likeness (QED) is 0.670. The lowest BCUT2D eigenvalue weighted by atomic mass is 9.86. The Bertz CT molecular complexity index is 505. The molecule has 5 heteroatoms. The normalized spacial score (nSPS) is 21.8. The lowest BCUT2D eigenvalue weighted by Gasteiger charge is -2.34. The van der Waals surface area contributed by atoms with Crippen LogP contribution in [0.25, 0.3) is 0 Å². The summed E-state index contributed by atoms with van der Waals surface area (Å²) >= 11 is 0. The number of oxime groups is 1. The Morgan fingerprint density at radius 2 is 1.95 bits per heavy atom. The van der Waals surface area contributed by atoms with Gasteiger partial charge in [0.1, 0.15) is 7.11 Å². The van der Waals surface area contributed by atoms with Crippen molar-refractivity contribution in [2.24, 2.45) is 11.1 Å². The highest BCUT2D eigenvalue weighted by Gasteiger charge is 2.26. The van der Waals surface area contributed by atoms with Crippen LogP contribution in [0, 0.1) is 5.92 Å². The van der Waals surface area contributed by atoms with E-state index in [9.17, 15) is 9.90 Å². The van der Waals surface area contributed by atoms with E-state index in [1.807, 2.05) is 36.2 Å². The highest BCUT2D eigenvalue weighted by Crippen LogP contribution is 2.27. The molecular weight excluding hydrogens is 280 g/mol. The van der Waals surface area contributed by atoms with Crippen LogP contribution in [0.1, 0.15) is 41.6 Å². The van der Waals surface area contributed by atoms with E-state index < -0.39 is 0 Å². The molecule has 1 amide bonds. The predicted molar refractivity (Wildman–Crippen MR) is 86.0 cm³/mol. The molecule has 22 heavy (non-hydrogen) atoms. The van der Waals surface area contributed by atoms with Gasteiger partial charge in [0.25, 0.3) is 5.91 Å². The van der Waals surface area contributed by atoms with Crippen molar-refractivity contribution in [3.63, 3.8) is 0 Å². The first kappa shape index (κ1) is 16.5. The first-order valence-corrected chi connectivity index (χ1v) is 7.70. The molecule has 120 valence electrons. The van der Waals surface area contributed by atoms with Gasteiger partial charge in [-0.15, -0.1) is 0 Å². The predicted octanol–water partition coefficient (Wildman–Crippen LogP) is 2.29. The molecule has 1 N–H and O–H groups in total. The second kappa shape index (κ2) is 7.94. The van der Waals surface area contributed by atoms with Crippen molar-refractivity contribution < 1.29 is 14.7 Å². The van der Waals surface area contributed by atoms with E-state index in [1.165, 1.54) is 7.11 Å². The largest absolute Gasteiger partial charge is 0.399 e. The molecule has 0 saturated heterocycles. The molecule has 0 atom stereocenters. The van der Waals surface area contributed by atoms with Crippen LogP contribution in [-0.4, -0.2) is 48.9 Å². The fourth-order valence-electron chi connectivity index (χ4n) is 2.91. The number of carbonyl (C=O) groups excluding carboxylic acids is 1. The van der Waals surface area contributed by atoms with E-state index in [0.717, 1.165) is 31.2 Å². The molecule has 1 aromatic carbocycles. The summed E-state index contributed by atoms with van der Waals surface area (Å²) in [4.78, 5) is 19.0. The summed E-state index contributed by atoms with van der Waals surface area (Å²) in [6.07, 6.45) is 5.52. The molecule has 0 unspecified atom stereocenters. The van der Waals surface area contributed by atoms with Crippen LogP contribution in [0.2, 0.25) is 0 Å². The van der Waals surface area contributed by atoms with E-state index in [2.05, 4.69) is 9.99 Å². The third-order valence-electron chi connectivity index (χ3n) is 4.41. The summed E-state index contributed by atoms with van der Waals surface area (Å²) in [5.41, 5.74) is 1.57. The van der Waals surface area contributed by atoms with Crippen LogP contribution >= 0.6 is 0 Å². The van der Waals surface area contributed by atoms with Crippen LogP contribution < -0.4 is 0 Å². The summed E-state index contributed by atoms with van der Waals surface area (Å²) in [5.74, 6) is 0.446. The third kappa shape index (κ3) is 4.07. The number of aliphatic hydroxyl groups is 1. The average Bonchev–Trinajstić information content (AvgIpc) is 2.59. The van der Waals surface area contributed by atoms with Crippen molar-refractivity contribution in [2.45, 2.75) is 31.7 Å². The summed E-state index contributed by atoms with van der Waals surface area (Å²) in [7, 11) is 3.36. The fourth-order valence-corrected chi connectivity index (χ4v) is 2.91. The monoisotopic (exact) mass is 304 g/mol. The number of carbonyl (C=O) groups is 1. The second-order valence-corrected chi connectivity index (χ2v) is 5.81. The van der Waals surface area contributed by atoms with E-state index in [1.54, 1.807) is 6.21 Å². The number of aliphatic hydroxyl groups excluding tert-OH is 1. The molecule has 1 aliphatic carbocycles. The molecule has 5 nitrogen and oxygen atoms in total. The minimum absolute atomic E-state index is 0.0441. The molecule has 1 aliphatic rings. The Balaban J connectivity index is 1.97. The molecule has 1 aromatic rings. The van der Waals surface area contributed by atoms with Crippen molar-refractivity contribution >= 4 is 12.1 Å². The maximum Gasteiger partial charge on any atom is 0.253 e. The minimum Gasteiger partial charge on any atom is -0.399 e. The molecular formula is C17H24N2O3. The smallest absolute Gasteiger partial charge is 0.253 e. The van der Waals surface area contributed by atoms with Crippen molar-refractivity contribution in [3.8, 4) is 0 Å². The van der Waals surface area contributed by atoms with Crippen LogP contribution in [0.4, 0.5) is 0 Å². The summed E-state index contributed by atoms with van der Waals surface area (Å²) in [5, 5.41) is 12.9. The minimum atomic E-state index is 0.0441. The molecule has 0 aromatic heterocycles. The van der Waals surface area contributed by atoms with E-state index in [0.29, 0.717) is 11.5 Å². The maximum absolute atomic E-state index is 12.5. The summed E-state index contributed by atoms with van der Waals surface area (Å²) in [6, 6.07) is 7.60. The zero-order valence-corrected chi connectivity index (χ0v) is 13.2. The molecule has 0 aliphatic heterocycles. The van der Waals surface area contributed by atoms with Gasteiger partial charge in [0.05, 0.1) is 6.21 Å². The Morgan fingerprint density at radius 1 is 1.32 bits per heavy atom. The van der Waals surface area contributed by atoms with Crippen molar-refractivity contribution in [1.82, 2.24) is 4.90 Å². The number of benzene rings is 1. The topological polar surface area (TPSA) is 62.1 Å². The zero-order valence-electron chi connectivity index (χ0n) is 13.2. The van der Waals surface area contributed by atoms with Crippen LogP contribution in [-0.2, 0) is 4.84 Å². The first-order chi connectivity index (χ1) is 10.7. The molecule has 1 fully saturated rings. The average molecular weight is 304 g/mol. The van der Waals surface area contributed by atoms with Crippen molar-refractivity contribution in [3.05, 3.63) is 35.4 Å². The van der Waals surface area contributed by atoms with Gasteiger partial charge in [-0.1, -0.05) is 17.3 Å². The number of hydrogen-bond acceptors (Lipinski definition) is 4. The number of hydrogen-bond donors (Lipinski definition) is 1. The van der Waals surface area contributed by atoms with Gasteiger partial charge in [-0.25, -0.2) is 0 Å². The van der Waals surface area contributed by atoms with Gasteiger partial charge in [-0.05, 0) is 49.3 Å². The molecule has 0 spiro atoms. The van der Waals surface area contributed by atoms with Crippen molar-refractivity contribution in [2.75, 3.05) is 20.8 Å². The van der Waals surface area contributed by atoms with Gasteiger partial charge in [-0.3, -0.25) is 4.79 Å². The van der Waals surface area contributed by atoms with Gasteiger partial charge < -0.3 is 14.8 Å². The Kier molecular flexibility index (Phi) is 5.95. The van der Waals surface area contributed by atoms with Gasteiger partial charge in [0.15, 0.2) is 0 Å². The van der Waals surface area contributed by atoms with E-state index in [-0.39, 0.29) is 18.6 Å². The molecule has 0 bridgehead atoms. The molecule has 0 heterocycles. The molecule has 2 rings (SSSR count). The Morgan fingerprint density at radius 3 is 2.50 bits per heavy atom. The van der Waals surface area contributed by atoms with Crippen molar-refractivity contribution in [1.29, 1.82) is 0 Å². The standard InChI is InChI=1S/C17H24N2O3/c1-19(16-9-5-14(12-20)6-10-16)17(21)15-7-3-13(4-8-15)11-18-22-2/h3-4,7-8,11,14,16,20H,5-6,9-10,12H2,1-2H3/b18-11+. The molecule has 0 radical (unpaired) electrons. The number of rotatable bonds is 5. The Labute approximate surface area is 131 Å². The second-order valence-electron chi connectivity index (χ2n) is 5.81. The molecule has 1 saturated carbocycles. The highest BCUT2D eigenvalue weighted by molar-refractivity contribution is 5.95. The van der Waals surface area contributed by atoms with Crippen LogP contribution in [0.15, 0.2) is 29.4 Å². The Hall–Kier alpha value is -1.88. The van der Waals surface area contributed by atoms with Gasteiger partial charge >= 0.3 is 0 Å². The van der Waals surface area contributed by atoms with Gasteiger partial charge in [0, 0.05) is 25.3 Å². The number of nitrogens with zero attached hydrogens (tertiary/aromatic N) is 2. The van der Waals surface area contributed by atoms with E-state index in [4.69, 9.17) is 0 Å². The van der Waals surface area contributed by atoms with E-state index >= 15 is 0 Å². The van der Waals surface area contributed by atoms with Crippen LogP contribution in [0.3, 0.4) is 0 Å². The summed E-state index contributed by atoms with van der Waals surface area (Å²) in [6.45, 7) is 0.259. The highest BCUT2D eigenvalue weighted by atomic mass is 16.6. The van der Waals surface area contributed by atoms with Gasteiger partial charge in [-0.2, -0.15) is 0 Å². The summed E-state index contributed by atoms with van der Waals surface area (Å²) < 4.78 is 0. The third-order valence-corrected chi connectivity index (χ3v) is 4.41. The fraction of sp³-hybridized carbons (Fsp3) is 0.529. The van der Waals surface area contributed by atoms with Gasteiger partial charge in [0.2, 0.25) is 0 Å². The lowest BCUT2D eigenvalue weighted by Crippen LogP contribution is -2.39. The zero-order chi connectivity index (χ0) is 15.9. The first-order valence-electron chi connectivity index (χ1n) is 7.70. The SMILES string of the molecule is CO/N=C/c1ccc(C(=O)N(C)C2CCC(CO)CC2)cc1. The maximum atomic E-state index is 12.5.